The van der Waals surface area contributed by atoms with Crippen molar-refractivity contribution in [1.82, 2.24) is 10.7 Å². The first-order valence-corrected chi connectivity index (χ1v) is 9.68. The molecule has 0 heterocycles. The average molecular weight is 434 g/mol. The molecular weight excluding hydrogens is 413 g/mol. The van der Waals surface area contributed by atoms with Crippen molar-refractivity contribution < 1.29 is 14.3 Å². The van der Waals surface area contributed by atoms with E-state index < -0.39 is 5.91 Å². The van der Waals surface area contributed by atoms with Crippen molar-refractivity contribution in [2.24, 2.45) is 5.10 Å². The fourth-order valence-corrected chi connectivity index (χ4v) is 2.65. The van der Waals surface area contributed by atoms with E-state index >= 15 is 0 Å². The summed E-state index contributed by atoms with van der Waals surface area (Å²) in [4.78, 5) is 23.4. The van der Waals surface area contributed by atoms with Crippen LogP contribution in [0.15, 0.2) is 59.7 Å². The van der Waals surface area contributed by atoms with E-state index in [1.54, 1.807) is 24.3 Å². The molecule has 6 nitrogen and oxygen atoms in total. The zero-order valence-corrected chi connectivity index (χ0v) is 17.1. The summed E-state index contributed by atoms with van der Waals surface area (Å²) in [6.07, 6.45) is 5.74. The molecule has 0 aliphatic heterocycles. The average Bonchev–Trinajstić information content (AvgIpc) is 2.71. The van der Waals surface area contributed by atoms with Crippen LogP contribution in [0.2, 0.25) is 10.0 Å². The van der Waals surface area contributed by atoms with Crippen LogP contribution in [0.1, 0.15) is 18.4 Å². The van der Waals surface area contributed by atoms with E-state index in [1.807, 2.05) is 36.4 Å². The van der Waals surface area contributed by atoms with Crippen molar-refractivity contribution >= 4 is 47.3 Å². The smallest absolute Gasteiger partial charge is 0.259 e. The van der Waals surface area contributed by atoms with Gasteiger partial charge in [-0.15, -0.1) is 0 Å². The van der Waals surface area contributed by atoms with E-state index in [4.69, 9.17) is 27.9 Å². The van der Waals surface area contributed by atoms with Gasteiger partial charge >= 0.3 is 0 Å². The second-order valence-electron chi connectivity index (χ2n) is 5.89. The summed E-state index contributed by atoms with van der Waals surface area (Å²) in [6.45, 7) is 0.168. The highest BCUT2D eigenvalue weighted by atomic mass is 35.5. The number of rotatable bonds is 10. The highest BCUT2D eigenvalue weighted by Crippen LogP contribution is 2.27. The lowest BCUT2D eigenvalue weighted by molar-refractivity contribution is -0.126. The summed E-state index contributed by atoms with van der Waals surface area (Å²) < 4.78 is 5.50. The fourth-order valence-electron chi connectivity index (χ4n) is 2.18. The van der Waals surface area contributed by atoms with Crippen LogP contribution in [-0.4, -0.2) is 31.2 Å². The zero-order chi connectivity index (χ0) is 20.9. The molecule has 2 rings (SSSR count). The molecule has 0 bridgehead atoms. The maximum atomic E-state index is 11.8. The van der Waals surface area contributed by atoms with E-state index in [-0.39, 0.29) is 18.9 Å². The molecule has 0 aromatic heterocycles. The predicted octanol–water partition coefficient (Wildman–Crippen LogP) is 4.08. The minimum Gasteiger partial charge on any atom is -0.492 e. The Morgan fingerprint density at radius 3 is 2.62 bits per heavy atom. The highest BCUT2D eigenvalue weighted by Gasteiger charge is 2.06. The molecule has 0 spiro atoms. The monoisotopic (exact) mass is 433 g/mol. The van der Waals surface area contributed by atoms with Crippen LogP contribution >= 0.6 is 23.2 Å². The second-order valence-corrected chi connectivity index (χ2v) is 6.73. The van der Waals surface area contributed by atoms with Crippen LogP contribution < -0.4 is 15.5 Å². The van der Waals surface area contributed by atoms with Gasteiger partial charge in [0.05, 0.1) is 18.2 Å². The molecule has 0 unspecified atom stereocenters. The van der Waals surface area contributed by atoms with Gasteiger partial charge in [0.25, 0.3) is 5.91 Å². The Morgan fingerprint density at radius 2 is 1.86 bits per heavy atom. The molecule has 0 atom stereocenters. The lowest BCUT2D eigenvalue weighted by Gasteiger charge is -2.08. The third-order valence-electron chi connectivity index (χ3n) is 3.58. The molecule has 0 aliphatic carbocycles. The summed E-state index contributed by atoms with van der Waals surface area (Å²) >= 11 is 11.8. The second kappa shape index (κ2) is 12.6. The Labute approximate surface area is 179 Å². The van der Waals surface area contributed by atoms with Crippen LogP contribution in [0.4, 0.5) is 0 Å². The van der Waals surface area contributed by atoms with Gasteiger partial charge < -0.3 is 10.1 Å². The van der Waals surface area contributed by atoms with Crippen molar-refractivity contribution in [2.75, 3.05) is 13.2 Å². The van der Waals surface area contributed by atoms with Gasteiger partial charge in [-0.1, -0.05) is 59.6 Å². The van der Waals surface area contributed by atoms with Crippen molar-refractivity contribution in [1.29, 1.82) is 0 Å². The normalized spacial score (nSPS) is 11.0. The standard InChI is InChI=1S/C21H21Cl2N3O3/c22-17-10-11-19(18(23)14-17)29-13-5-9-20(27)24-15-21(28)26-25-12-4-8-16-6-2-1-3-7-16/h1-4,6-8,10-12,14H,5,9,13,15H2,(H,24,27)(H,26,28)/b8-4+,25-12+. The number of nitrogens with zero attached hydrogens (tertiary/aromatic N) is 1. The first kappa shape index (κ1) is 22.5. The molecular formula is C21H21Cl2N3O3. The Balaban J connectivity index is 1.56. The molecule has 2 aromatic carbocycles. The number of hydrazone groups is 1. The van der Waals surface area contributed by atoms with Gasteiger partial charge in [0.2, 0.25) is 5.91 Å². The minimum absolute atomic E-state index is 0.150. The molecule has 2 aromatic rings. The number of ether oxygens (including phenoxy) is 1. The lowest BCUT2D eigenvalue weighted by atomic mass is 10.2. The maximum absolute atomic E-state index is 11.8. The number of halogens is 2. The number of allylic oxidation sites excluding steroid dienone is 1. The van der Waals surface area contributed by atoms with E-state index in [0.29, 0.717) is 28.8 Å². The van der Waals surface area contributed by atoms with Crippen molar-refractivity contribution in [2.45, 2.75) is 12.8 Å². The summed E-state index contributed by atoms with van der Waals surface area (Å²) in [5, 5.41) is 7.25. The molecule has 0 saturated carbocycles. The summed E-state index contributed by atoms with van der Waals surface area (Å²) in [5.74, 6) is -0.152. The summed E-state index contributed by atoms with van der Waals surface area (Å²) in [6, 6.07) is 14.6. The first-order chi connectivity index (χ1) is 14.0. The van der Waals surface area contributed by atoms with Crippen molar-refractivity contribution in [3.05, 3.63) is 70.2 Å². The van der Waals surface area contributed by atoms with Crippen LogP contribution in [0.25, 0.3) is 6.08 Å². The minimum atomic E-state index is -0.410. The molecule has 152 valence electrons. The third-order valence-corrected chi connectivity index (χ3v) is 4.11. The number of hydrogen-bond acceptors (Lipinski definition) is 4. The number of amides is 2. The van der Waals surface area contributed by atoms with Gasteiger partial charge in [-0.2, -0.15) is 5.10 Å². The van der Waals surface area contributed by atoms with Gasteiger partial charge in [-0.3, -0.25) is 9.59 Å². The number of benzene rings is 2. The highest BCUT2D eigenvalue weighted by molar-refractivity contribution is 6.35. The molecule has 0 aliphatic rings. The molecule has 2 amide bonds. The zero-order valence-electron chi connectivity index (χ0n) is 15.6. The third kappa shape index (κ3) is 9.27. The lowest BCUT2D eigenvalue weighted by Crippen LogP contribution is -2.34. The fraction of sp³-hybridized carbons (Fsp3) is 0.190. The van der Waals surface area contributed by atoms with Crippen LogP contribution in [0.3, 0.4) is 0 Å². The molecule has 2 N–H and O–H groups in total. The molecule has 8 heteroatoms. The molecule has 0 saturated heterocycles. The summed E-state index contributed by atoms with van der Waals surface area (Å²) in [7, 11) is 0. The Hall–Kier alpha value is -2.83. The van der Waals surface area contributed by atoms with Crippen LogP contribution in [0, 0.1) is 0 Å². The van der Waals surface area contributed by atoms with Gasteiger partial charge in [0.15, 0.2) is 0 Å². The number of carbonyl (C=O) groups is 2. The Morgan fingerprint density at radius 1 is 1.07 bits per heavy atom. The van der Waals surface area contributed by atoms with Crippen molar-refractivity contribution in [3.8, 4) is 5.75 Å². The quantitative estimate of drug-likeness (QED) is 0.336. The topological polar surface area (TPSA) is 79.8 Å². The van der Waals surface area contributed by atoms with E-state index in [9.17, 15) is 9.59 Å². The Kier molecular flexibility index (Phi) is 9.75. The van der Waals surface area contributed by atoms with Crippen molar-refractivity contribution in [3.63, 3.8) is 0 Å². The van der Waals surface area contributed by atoms with E-state index in [1.165, 1.54) is 6.21 Å². The maximum Gasteiger partial charge on any atom is 0.259 e. The van der Waals surface area contributed by atoms with Crippen LogP contribution in [-0.2, 0) is 9.59 Å². The number of nitrogens with one attached hydrogen (secondary N) is 2. The van der Waals surface area contributed by atoms with E-state index in [0.717, 1.165) is 5.56 Å². The molecule has 0 fully saturated rings. The van der Waals surface area contributed by atoms with Gasteiger partial charge in [0, 0.05) is 17.7 Å². The predicted molar refractivity (Wildman–Crippen MR) is 116 cm³/mol. The first-order valence-electron chi connectivity index (χ1n) is 8.93. The number of hydrogen-bond donors (Lipinski definition) is 2. The Bertz CT molecular complexity index is 871. The largest absolute Gasteiger partial charge is 0.492 e. The van der Waals surface area contributed by atoms with Gasteiger partial charge in [-0.25, -0.2) is 5.43 Å². The van der Waals surface area contributed by atoms with Crippen LogP contribution in [0.5, 0.6) is 5.75 Å². The molecule has 29 heavy (non-hydrogen) atoms. The van der Waals surface area contributed by atoms with Gasteiger partial charge in [-0.05, 0) is 36.3 Å². The SMILES string of the molecule is O=C(CCCOc1ccc(Cl)cc1Cl)NCC(=O)N/N=C/C=C/c1ccccc1. The number of carbonyl (C=O) groups excluding carboxylic acids is 2. The van der Waals surface area contributed by atoms with Gasteiger partial charge in [0.1, 0.15) is 5.75 Å². The molecule has 0 radical (unpaired) electrons. The van der Waals surface area contributed by atoms with E-state index in [2.05, 4.69) is 15.8 Å². The summed E-state index contributed by atoms with van der Waals surface area (Å²) in [5.41, 5.74) is 3.37.